The van der Waals surface area contributed by atoms with Crippen LogP contribution >= 0.6 is 0 Å². The summed E-state index contributed by atoms with van der Waals surface area (Å²) in [5.41, 5.74) is 0.755. The van der Waals surface area contributed by atoms with Gasteiger partial charge in [0, 0.05) is 12.1 Å². The predicted molar refractivity (Wildman–Crippen MR) is 67.1 cm³/mol. The summed E-state index contributed by atoms with van der Waals surface area (Å²) < 4.78 is 14.4. The molecule has 0 fully saturated rings. The van der Waals surface area contributed by atoms with Crippen molar-refractivity contribution in [3.05, 3.63) is 24.3 Å². The lowest BCUT2D eigenvalue weighted by Crippen LogP contribution is -2.30. The van der Waals surface area contributed by atoms with Crippen LogP contribution in [-0.2, 0) is 11.0 Å². The number of tetrazole rings is 1. The second-order valence-electron chi connectivity index (χ2n) is 3.71. The zero-order valence-corrected chi connectivity index (χ0v) is 10.7. The van der Waals surface area contributed by atoms with Crippen molar-refractivity contribution < 1.29 is 14.4 Å². The van der Waals surface area contributed by atoms with Gasteiger partial charge in [0.1, 0.15) is 11.0 Å². The Morgan fingerprint density at radius 2 is 2.11 bits per heavy atom. The second kappa shape index (κ2) is 6.48. The third-order valence-electron chi connectivity index (χ3n) is 2.33. The fraction of sp³-hybridized carbons (Fsp3) is 0.300. The molecule has 1 aromatic heterocycles. The molecule has 2 unspecified atom stereocenters. The van der Waals surface area contributed by atoms with E-state index in [1.54, 1.807) is 24.3 Å². The molecule has 0 aliphatic rings. The Balaban J connectivity index is 2.00. The monoisotopic (exact) mass is 283 g/mol. The van der Waals surface area contributed by atoms with Gasteiger partial charge in [0.2, 0.25) is 5.82 Å². The fourth-order valence-electron chi connectivity index (χ4n) is 1.33. The summed E-state index contributed by atoms with van der Waals surface area (Å²) in [5.74, 6) is 0.459. The molecule has 9 heteroatoms. The minimum atomic E-state index is -1.45. The number of rotatable bonds is 6. The molecule has 0 aliphatic carbocycles. The van der Waals surface area contributed by atoms with E-state index in [0.29, 0.717) is 10.7 Å². The maximum atomic E-state index is 11.8. The van der Waals surface area contributed by atoms with Crippen molar-refractivity contribution >= 4 is 11.0 Å². The Morgan fingerprint density at radius 1 is 1.37 bits per heavy atom. The first-order valence-electron chi connectivity index (χ1n) is 5.49. The largest absolute Gasteiger partial charge is 0.394 e. The summed E-state index contributed by atoms with van der Waals surface area (Å²) in [5, 5.41) is 31.3. The number of hydrogen-bond acceptors (Lipinski definition) is 6. The molecule has 2 aromatic rings. The topological polar surface area (TPSA) is 124 Å². The average molecular weight is 283 g/mol. The third-order valence-corrected chi connectivity index (χ3v) is 3.46. The predicted octanol–water partition coefficient (Wildman–Crippen LogP) is -1.17. The lowest BCUT2D eigenvalue weighted by molar-refractivity contribution is 0.0991. The maximum absolute atomic E-state index is 11.8. The Morgan fingerprint density at radius 3 is 2.68 bits per heavy atom. The van der Waals surface area contributed by atoms with E-state index >= 15 is 0 Å². The van der Waals surface area contributed by atoms with Gasteiger partial charge in [-0.3, -0.25) is 0 Å². The molecule has 0 saturated heterocycles. The highest BCUT2D eigenvalue weighted by molar-refractivity contribution is 7.83. The van der Waals surface area contributed by atoms with E-state index in [2.05, 4.69) is 25.3 Å². The van der Waals surface area contributed by atoms with Crippen LogP contribution in [0.25, 0.3) is 11.4 Å². The summed E-state index contributed by atoms with van der Waals surface area (Å²) in [6.45, 7) is -0.323. The standard InChI is InChI=1S/C10H13N5O3S/c16-6-8(17)5-11-19(18)9-3-1-7(2-4-9)10-12-14-15-13-10/h1-4,8,11,16-17H,5-6H2,(H,12,13,14,15). The summed E-state index contributed by atoms with van der Waals surface area (Å²) in [6, 6.07) is 6.78. The Bertz CT molecular complexity index is 531. The first kappa shape index (κ1) is 13.7. The molecule has 2 rings (SSSR count). The molecular formula is C10H13N5O3S. The van der Waals surface area contributed by atoms with Crippen LogP contribution < -0.4 is 4.72 Å². The third kappa shape index (κ3) is 3.64. The summed E-state index contributed by atoms with van der Waals surface area (Å²) in [6.07, 6.45) is -0.928. The van der Waals surface area contributed by atoms with Gasteiger partial charge in [-0.15, -0.1) is 10.2 Å². The number of aromatic amines is 1. The molecule has 2 atom stereocenters. The number of aliphatic hydroxyl groups excluding tert-OH is 2. The molecule has 0 spiro atoms. The van der Waals surface area contributed by atoms with Crippen molar-refractivity contribution in [3.8, 4) is 11.4 Å². The van der Waals surface area contributed by atoms with Crippen LogP contribution in [0.3, 0.4) is 0 Å². The number of benzene rings is 1. The second-order valence-corrected chi connectivity index (χ2v) is 5.01. The molecule has 4 N–H and O–H groups in total. The van der Waals surface area contributed by atoms with Crippen molar-refractivity contribution in [2.24, 2.45) is 0 Å². The molecule has 102 valence electrons. The highest BCUT2D eigenvalue weighted by atomic mass is 32.2. The van der Waals surface area contributed by atoms with Crippen molar-refractivity contribution in [1.82, 2.24) is 25.3 Å². The summed E-state index contributed by atoms with van der Waals surface area (Å²) in [4.78, 5) is 0.553. The van der Waals surface area contributed by atoms with E-state index < -0.39 is 17.1 Å². The minimum absolute atomic E-state index is 0.0513. The smallest absolute Gasteiger partial charge is 0.204 e. The Labute approximate surface area is 111 Å². The van der Waals surface area contributed by atoms with Crippen molar-refractivity contribution in [2.45, 2.75) is 11.0 Å². The van der Waals surface area contributed by atoms with E-state index in [1.807, 2.05) is 0 Å². The zero-order valence-electron chi connectivity index (χ0n) is 9.85. The number of aromatic nitrogens is 4. The van der Waals surface area contributed by atoms with Gasteiger partial charge < -0.3 is 10.2 Å². The quantitative estimate of drug-likeness (QED) is 0.529. The molecule has 0 aliphatic heterocycles. The highest BCUT2D eigenvalue weighted by Crippen LogP contribution is 2.15. The molecule has 0 bridgehead atoms. The van der Waals surface area contributed by atoms with Crippen LogP contribution in [0.15, 0.2) is 29.2 Å². The number of hydrogen-bond donors (Lipinski definition) is 4. The van der Waals surface area contributed by atoms with E-state index in [1.165, 1.54) is 0 Å². The van der Waals surface area contributed by atoms with Crippen molar-refractivity contribution in [1.29, 1.82) is 0 Å². The molecule has 0 amide bonds. The van der Waals surface area contributed by atoms with E-state index in [9.17, 15) is 4.21 Å². The van der Waals surface area contributed by atoms with Gasteiger partial charge in [0.05, 0.1) is 17.6 Å². The van der Waals surface area contributed by atoms with Crippen LogP contribution in [0.2, 0.25) is 0 Å². The van der Waals surface area contributed by atoms with Gasteiger partial charge in [-0.05, 0) is 29.5 Å². The number of nitrogens with zero attached hydrogens (tertiary/aromatic N) is 3. The van der Waals surface area contributed by atoms with Gasteiger partial charge in [-0.2, -0.15) is 5.21 Å². The minimum Gasteiger partial charge on any atom is -0.394 e. The van der Waals surface area contributed by atoms with Crippen LogP contribution in [0, 0.1) is 0 Å². The number of aliphatic hydroxyl groups is 2. The number of nitrogens with one attached hydrogen (secondary N) is 2. The first-order valence-corrected chi connectivity index (χ1v) is 6.64. The number of H-pyrrole nitrogens is 1. The van der Waals surface area contributed by atoms with E-state index in [-0.39, 0.29) is 13.2 Å². The lowest BCUT2D eigenvalue weighted by Gasteiger charge is -2.08. The van der Waals surface area contributed by atoms with Gasteiger partial charge in [-0.1, -0.05) is 0 Å². The zero-order chi connectivity index (χ0) is 13.7. The molecule has 1 heterocycles. The Kier molecular flexibility index (Phi) is 4.68. The van der Waals surface area contributed by atoms with Crippen LogP contribution in [-0.4, -0.2) is 54.3 Å². The molecule has 1 aromatic carbocycles. The maximum Gasteiger partial charge on any atom is 0.204 e. The Hall–Kier alpha value is -1.68. The van der Waals surface area contributed by atoms with Crippen molar-refractivity contribution in [2.75, 3.05) is 13.2 Å². The lowest BCUT2D eigenvalue weighted by atomic mass is 10.2. The van der Waals surface area contributed by atoms with Crippen molar-refractivity contribution in [3.63, 3.8) is 0 Å². The van der Waals surface area contributed by atoms with Crippen LogP contribution in [0.1, 0.15) is 0 Å². The van der Waals surface area contributed by atoms with Gasteiger partial charge in [-0.25, -0.2) is 8.93 Å². The molecule has 19 heavy (non-hydrogen) atoms. The molecular weight excluding hydrogens is 270 g/mol. The molecule has 8 nitrogen and oxygen atoms in total. The van der Waals surface area contributed by atoms with E-state index in [4.69, 9.17) is 10.2 Å². The molecule has 0 saturated carbocycles. The summed E-state index contributed by atoms with van der Waals surface area (Å²) >= 11 is 0. The van der Waals surface area contributed by atoms with Gasteiger partial charge in [0.25, 0.3) is 0 Å². The fourth-order valence-corrected chi connectivity index (χ4v) is 2.23. The summed E-state index contributed by atoms with van der Waals surface area (Å²) in [7, 11) is -1.45. The highest BCUT2D eigenvalue weighted by Gasteiger charge is 2.08. The first-order chi connectivity index (χ1) is 9.20. The molecule has 0 radical (unpaired) electrons. The van der Waals surface area contributed by atoms with Gasteiger partial charge in [0.15, 0.2) is 0 Å². The normalized spacial score (nSPS) is 14.2. The SMILES string of the molecule is O=S(NCC(O)CO)c1ccc(-c2nn[nH]n2)cc1. The van der Waals surface area contributed by atoms with E-state index in [0.717, 1.165) is 5.56 Å². The average Bonchev–Trinajstić information content (AvgIpc) is 2.98. The van der Waals surface area contributed by atoms with Crippen LogP contribution in [0.5, 0.6) is 0 Å². The van der Waals surface area contributed by atoms with Crippen LogP contribution in [0.4, 0.5) is 0 Å². The van der Waals surface area contributed by atoms with Gasteiger partial charge >= 0.3 is 0 Å².